The van der Waals surface area contributed by atoms with Crippen LogP contribution in [0.5, 0.6) is 0 Å². The first kappa shape index (κ1) is 17.4. The molecule has 0 saturated carbocycles. The number of aliphatic carboxylic acids is 1. The highest BCUT2D eigenvalue weighted by Gasteiger charge is 2.34. The third-order valence-corrected chi connectivity index (χ3v) is 3.64. The Morgan fingerprint density at radius 1 is 1.33 bits per heavy atom. The number of hydrogen-bond donors (Lipinski definition) is 3. The lowest BCUT2D eigenvalue weighted by Gasteiger charge is -2.27. The third-order valence-electron chi connectivity index (χ3n) is 3.41. The number of nitrogens with one attached hydrogen (secondary N) is 2. The van der Waals surface area contributed by atoms with E-state index in [9.17, 15) is 19.1 Å². The van der Waals surface area contributed by atoms with Gasteiger partial charge in [-0.2, -0.15) is 0 Å². The molecule has 0 aliphatic carbocycles. The minimum atomic E-state index is -1.16. The normalized spacial score (nSPS) is 11.2. The zero-order valence-electron chi connectivity index (χ0n) is 11.9. The quantitative estimate of drug-likeness (QED) is 0.722. The molecule has 1 rings (SSSR count). The molecule has 0 saturated heterocycles. The highest BCUT2D eigenvalue weighted by atomic mass is 35.5. The van der Waals surface area contributed by atoms with E-state index in [1.165, 1.54) is 12.1 Å². The Morgan fingerprint density at radius 3 is 2.43 bits per heavy atom. The van der Waals surface area contributed by atoms with E-state index in [1.54, 1.807) is 13.8 Å². The molecule has 0 fully saturated rings. The van der Waals surface area contributed by atoms with Crippen molar-refractivity contribution in [3.63, 3.8) is 0 Å². The van der Waals surface area contributed by atoms with Crippen molar-refractivity contribution >= 4 is 29.2 Å². The first-order valence-electron chi connectivity index (χ1n) is 6.58. The van der Waals surface area contributed by atoms with Crippen LogP contribution in [0.15, 0.2) is 18.2 Å². The first-order chi connectivity index (χ1) is 9.84. The fourth-order valence-corrected chi connectivity index (χ4v) is 2.07. The van der Waals surface area contributed by atoms with Crippen LogP contribution in [-0.4, -0.2) is 29.1 Å². The third kappa shape index (κ3) is 4.41. The average Bonchev–Trinajstić information content (AvgIpc) is 2.43. The van der Waals surface area contributed by atoms with E-state index in [-0.39, 0.29) is 17.3 Å². The minimum Gasteiger partial charge on any atom is -0.480 e. The van der Waals surface area contributed by atoms with Crippen molar-refractivity contribution in [1.29, 1.82) is 0 Å². The number of carbonyl (C=O) groups is 2. The standard InChI is InChI=1S/C14H18ClFN2O3/c1-3-14(4-2,13(20)21)17-8-12(19)18-11-6-5-9(15)7-10(11)16/h5-7,17H,3-4,8H2,1-2H3,(H,18,19)(H,20,21). The lowest BCUT2D eigenvalue weighted by atomic mass is 9.93. The van der Waals surface area contributed by atoms with Gasteiger partial charge in [-0.1, -0.05) is 25.4 Å². The molecule has 0 radical (unpaired) electrons. The monoisotopic (exact) mass is 316 g/mol. The highest BCUT2D eigenvalue weighted by molar-refractivity contribution is 6.30. The second kappa shape index (κ2) is 7.38. The van der Waals surface area contributed by atoms with E-state index >= 15 is 0 Å². The summed E-state index contributed by atoms with van der Waals surface area (Å²) in [5, 5.41) is 14.6. The predicted octanol–water partition coefficient (Wildman–Crippen LogP) is 2.65. The van der Waals surface area contributed by atoms with E-state index in [1.807, 2.05) is 0 Å². The number of halogens is 2. The average molecular weight is 317 g/mol. The van der Waals surface area contributed by atoms with Crippen LogP contribution in [0.1, 0.15) is 26.7 Å². The SMILES string of the molecule is CCC(CC)(NCC(=O)Nc1ccc(Cl)cc1F)C(=O)O. The number of amides is 1. The van der Waals surface area contributed by atoms with Crippen LogP contribution in [0.25, 0.3) is 0 Å². The van der Waals surface area contributed by atoms with Gasteiger partial charge in [-0.05, 0) is 31.0 Å². The molecule has 7 heteroatoms. The van der Waals surface area contributed by atoms with Gasteiger partial charge in [0.05, 0.1) is 12.2 Å². The number of carboxylic acids is 1. The molecule has 5 nitrogen and oxygen atoms in total. The zero-order chi connectivity index (χ0) is 16.0. The summed E-state index contributed by atoms with van der Waals surface area (Å²) in [7, 11) is 0. The second-order valence-corrected chi connectivity index (χ2v) is 5.06. The Hall–Kier alpha value is -1.66. The van der Waals surface area contributed by atoms with Gasteiger partial charge in [0.1, 0.15) is 11.4 Å². The molecular weight excluding hydrogens is 299 g/mol. The van der Waals surface area contributed by atoms with Crippen LogP contribution in [0.2, 0.25) is 5.02 Å². The first-order valence-corrected chi connectivity index (χ1v) is 6.95. The Balaban J connectivity index is 2.67. The summed E-state index contributed by atoms with van der Waals surface area (Å²) in [4.78, 5) is 23.1. The lowest BCUT2D eigenvalue weighted by molar-refractivity contribution is -0.145. The van der Waals surface area contributed by atoms with Crippen molar-refractivity contribution in [2.75, 3.05) is 11.9 Å². The van der Waals surface area contributed by atoms with Gasteiger partial charge in [-0.15, -0.1) is 0 Å². The van der Waals surface area contributed by atoms with Gasteiger partial charge >= 0.3 is 5.97 Å². The molecule has 21 heavy (non-hydrogen) atoms. The fraction of sp³-hybridized carbons (Fsp3) is 0.429. The maximum Gasteiger partial charge on any atom is 0.323 e. The minimum absolute atomic E-state index is 0.000113. The molecule has 0 bridgehead atoms. The Bertz CT molecular complexity index is 533. The van der Waals surface area contributed by atoms with Crippen LogP contribution in [0.3, 0.4) is 0 Å². The molecule has 0 unspecified atom stereocenters. The lowest BCUT2D eigenvalue weighted by Crippen LogP contribution is -2.53. The molecule has 0 heterocycles. The van der Waals surface area contributed by atoms with E-state index in [0.717, 1.165) is 6.07 Å². The molecule has 0 atom stereocenters. The number of anilines is 1. The van der Waals surface area contributed by atoms with E-state index in [4.69, 9.17) is 11.6 Å². The van der Waals surface area contributed by atoms with Gasteiger partial charge in [0.25, 0.3) is 0 Å². The van der Waals surface area contributed by atoms with Crippen molar-refractivity contribution in [2.24, 2.45) is 0 Å². The fourth-order valence-electron chi connectivity index (χ4n) is 1.91. The number of benzene rings is 1. The van der Waals surface area contributed by atoms with Gasteiger partial charge in [0, 0.05) is 5.02 Å². The van der Waals surface area contributed by atoms with Gasteiger partial charge < -0.3 is 10.4 Å². The van der Waals surface area contributed by atoms with Crippen LogP contribution in [0, 0.1) is 5.82 Å². The van der Waals surface area contributed by atoms with Crippen LogP contribution >= 0.6 is 11.6 Å². The highest BCUT2D eigenvalue weighted by Crippen LogP contribution is 2.19. The molecule has 0 aliphatic rings. The Kier molecular flexibility index (Phi) is 6.11. The summed E-state index contributed by atoms with van der Waals surface area (Å²) < 4.78 is 13.5. The van der Waals surface area contributed by atoms with E-state index in [0.29, 0.717) is 12.8 Å². The zero-order valence-corrected chi connectivity index (χ0v) is 12.6. The van der Waals surface area contributed by atoms with Crippen molar-refractivity contribution in [2.45, 2.75) is 32.2 Å². The smallest absolute Gasteiger partial charge is 0.323 e. The van der Waals surface area contributed by atoms with Crippen molar-refractivity contribution < 1.29 is 19.1 Å². The largest absolute Gasteiger partial charge is 0.480 e. The molecule has 0 spiro atoms. The van der Waals surface area contributed by atoms with Crippen molar-refractivity contribution in [1.82, 2.24) is 5.32 Å². The number of carboxylic acid groups (broad SMARTS) is 1. The Labute approximate surface area is 127 Å². The second-order valence-electron chi connectivity index (χ2n) is 4.62. The summed E-state index contributed by atoms with van der Waals surface area (Å²) in [6.45, 7) is 3.22. The maximum atomic E-state index is 13.5. The summed E-state index contributed by atoms with van der Waals surface area (Å²) in [5.41, 5.74) is -1.16. The molecule has 0 aromatic heterocycles. The number of carbonyl (C=O) groups excluding carboxylic acids is 1. The summed E-state index contributed by atoms with van der Waals surface area (Å²) in [5.74, 6) is -2.19. The van der Waals surface area contributed by atoms with Crippen molar-refractivity contribution in [3.05, 3.63) is 29.0 Å². The van der Waals surface area contributed by atoms with Gasteiger partial charge in [-0.3, -0.25) is 14.9 Å². The molecule has 1 aromatic carbocycles. The van der Waals surface area contributed by atoms with Gasteiger partial charge in [0.15, 0.2) is 0 Å². The number of rotatable bonds is 7. The van der Waals surface area contributed by atoms with Gasteiger partial charge in [0.2, 0.25) is 5.91 Å². The maximum absolute atomic E-state index is 13.5. The van der Waals surface area contributed by atoms with E-state index in [2.05, 4.69) is 10.6 Å². The van der Waals surface area contributed by atoms with E-state index < -0.39 is 23.2 Å². The topological polar surface area (TPSA) is 78.4 Å². The number of hydrogen-bond acceptors (Lipinski definition) is 3. The molecule has 1 amide bonds. The van der Waals surface area contributed by atoms with Crippen LogP contribution in [0.4, 0.5) is 10.1 Å². The van der Waals surface area contributed by atoms with Crippen LogP contribution < -0.4 is 10.6 Å². The van der Waals surface area contributed by atoms with Crippen LogP contribution in [-0.2, 0) is 9.59 Å². The summed E-state index contributed by atoms with van der Waals surface area (Å²) >= 11 is 5.62. The molecule has 0 aliphatic heterocycles. The molecule has 1 aromatic rings. The summed E-state index contributed by atoms with van der Waals surface area (Å²) in [6, 6.07) is 3.89. The van der Waals surface area contributed by atoms with Gasteiger partial charge in [-0.25, -0.2) is 4.39 Å². The summed E-state index contributed by atoms with van der Waals surface area (Å²) in [6.07, 6.45) is 0.669. The molecular formula is C14H18ClFN2O3. The molecule has 116 valence electrons. The predicted molar refractivity (Wildman–Crippen MR) is 79.0 cm³/mol. The van der Waals surface area contributed by atoms with Crippen molar-refractivity contribution in [3.8, 4) is 0 Å². The Morgan fingerprint density at radius 2 is 1.95 bits per heavy atom. The molecule has 3 N–H and O–H groups in total.